The van der Waals surface area contributed by atoms with Gasteiger partial charge in [-0.3, -0.25) is 4.79 Å². The van der Waals surface area contributed by atoms with Crippen LogP contribution in [0.2, 0.25) is 0 Å². The summed E-state index contributed by atoms with van der Waals surface area (Å²) in [6, 6.07) is 4.13. The maximum absolute atomic E-state index is 12.6. The molecule has 1 aliphatic heterocycles. The Morgan fingerprint density at radius 2 is 1.96 bits per heavy atom. The van der Waals surface area contributed by atoms with Crippen LogP contribution in [0, 0.1) is 0 Å². The molecule has 0 aromatic heterocycles. The summed E-state index contributed by atoms with van der Waals surface area (Å²) < 4.78 is 12.1. The second-order valence-corrected chi connectivity index (χ2v) is 6.48. The first-order chi connectivity index (χ1) is 11.0. The van der Waals surface area contributed by atoms with E-state index in [1.54, 1.807) is 0 Å². The normalized spacial score (nSPS) is 17.9. The number of hydrogen-bond donors (Lipinski definition) is 1. The molecule has 128 valence electrons. The zero-order chi connectivity index (χ0) is 16.8. The van der Waals surface area contributed by atoms with E-state index in [4.69, 9.17) is 9.47 Å². The van der Waals surface area contributed by atoms with Crippen molar-refractivity contribution in [3.05, 3.63) is 22.2 Å². The molecule has 1 aromatic carbocycles. The molecule has 23 heavy (non-hydrogen) atoms. The lowest BCUT2D eigenvalue weighted by Crippen LogP contribution is -2.51. The predicted octanol–water partition coefficient (Wildman–Crippen LogP) is 2.61. The summed E-state index contributed by atoms with van der Waals surface area (Å²) >= 11 is 3.55. The topological polar surface area (TPSA) is 50.8 Å². The molecule has 5 nitrogen and oxygen atoms in total. The highest BCUT2D eigenvalue weighted by Crippen LogP contribution is 2.34. The lowest BCUT2D eigenvalue weighted by molar-refractivity contribution is -0.131. The summed E-state index contributed by atoms with van der Waals surface area (Å²) in [6.07, 6.45) is 0.361. The number of benzene rings is 1. The molecule has 1 atom stereocenters. The molecule has 1 heterocycles. The molecule has 6 heteroatoms. The van der Waals surface area contributed by atoms with Crippen molar-refractivity contribution in [3.8, 4) is 11.5 Å². The summed E-state index contributed by atoms with van der Waals surface area (Å²) in [5.74, 6) is 1.54. The molecule has 0 aliphatic carbocycles. The number of carbonyl (C=O) groups excluding carboxylic acids is 1. The maximum atomic E-state index is 12.6. The first kappa shape index (κ1) is 18.1. The van der Waals surface area contributed by atoms with Crippen LogP contribution in [-0.2, 0) is 11.2 Å². The van der Waals surface area contributed by atoms with Crippen LogP contribution in [-0.4, -0.2) is 49.7 Å². The molecule has 1 aromatic rings. The minimum Gasteiger partial charge on any atom is -0.490 e. The molecular formula is C17H25BrN2O3. The largest absolute Gasteiger partial charge is 0.490 e. The zero-order valence-corrected chi connectivity index (χ0v) is 15.6. The van der Waals surface area contributed by atoms with Crippen molar-refractivity contribution in [1.82, 2.24) is 10.2 Å². The summed E-state index contributed by atoms with van der Waals surface area (Å²) in [5.41, 5.74) is 0.924. The third-order valence-electron chi connectivity index (χ3n) is 3.78. The van der Waals surface area contributed by atoms with Crippen molar-refractivity contribution in [1.29, 1.82) is 0 Å². The van der Waals surface area contributed by atoms with Crippen molar-refractivity contribution in [2.75, 3.05) is 32.8 Å². The number of rotatable bonds is 6. The number of carbonyl (C=O) groups is 1. The Labute approximate surface area is 146 Å². The Kier molecular flexibility index (Phi) is 6.72. The molecule has 0 saturated carbocycles. The van der Waals surface area contributed by atoms with Crippen LogP contribution >= 0.6 is 15.9 Å². The molecule has 1 unspecified atom stereocenters. The first-order valence-electron chi connectivity index (χ1n) is 8.14. The molecule has 0 spiro atoms. The Hall–Kier alpha value is -1.27. The number of nitrogens with zero attached hydrogens (tertiary/aromatic N) is 1. The molecule has 1 N–H and O–H groups in total. The summed E-state index contributed by atoms with van der Waals surface area (Å²) in [5, 5.41) is 3.35. The minimum absolute atomic E-state index is 0.144. The average Bonchev–Trinajstić information content (AvgIpc) is 2.52. The number of ether oxygens (including phenoxy) is 2. The Morgan fingerprint density at radius 1 is 1.30 bits per heavy atom. The molecule has 0 radical (unpaired) electrons. The van der Waals surface area contributed by atoms with E-state index in [0.29, 0.717) is 37.2 Å². The first-order valence-corrected chi connectivity index (χ1v) is 8.93. The van der Waals surface area contributed by atoms with E-state index in [2.05, 4.69) is 28.2 Å². The van der Waals surface area contributed by atoms with Gasteiger partial charge in [0.1, 0.15) is 0 Å². The monoisotopic (exact) mass is 384 g/mol. The van der Waals surface area contributed by atoms with Gasteiger partial charge in [0.2, 0.25) is 5.91 Å². The summed E-state index contributed by atoms with van der Waals surface area (Å²) in [6.45, 7) is 9.47. The van der Waals surface area contributed by atoms with Crippen molar-refractivity contribution >= 4 is 21.8 Å². The van der Waals surface area contributed by atoms with Crippen LogP contribution in [0.15, 0.2) is 16.6 Å². The summed E-state index contributed by atoms with van der Waals surface area (Å²) in [7, 11) is 0. The third kappa shape index (κ3) is 4.85. The SMILES string of the molecule is CCOc1cc(Br)c(CC(=O)N2CCNC(C)C2)cc1OCC. The molecular weight excluding hydrogens is 360 g/mol. The lowest BCUT2D eigenvalue weighted by Gasteiger charge is -2.32. The number of halogens is 1. The molecule has 2 rings (SSSR count). The van der Waals surface area contributed by atoms with Crippen LogP contribution < -0.4 is 14.8 Å². The van der Waals surface area contributed by atoms with Crippen molar-refractivity contribution in [3.63, 3.8) is 0 Å². The van der Waals surface area contributed by atoms with Crippen LogP contribution in [0.4, 0.5) is 0 Å². The zero-order valence-electron chi connectivity index (χ0n) is 14.0. The van der Waals surface area contributed by atoms with Gasteiger partial charge >= 0.3 is 0 Å². The van der Waals surface area contributed by atoms with Gasteiger partial charge in [-0.1, -0.05) is 15.9 Å². The van der Waals surface area contributed by atoms with E-state index in [-0.39, 0.29) is 5.91 Å². The highest BCUT2D eigenvalue weighted by molar-refractivity contribution is 9.10. The van der Waals surface area contributed by atoms with Gasteiger partial charge in [-0.05, 0) is 38.5 Å². The average molecular weight is 385 g/mol. The van der Waals surface area contributed by atoms with Crippen molar-refractivity contribution in [2.24, 2.45) is 0 Å². The van der Waals surface area contributed by atoms with Gasteiger partial charge in [0, 0.05) is 30.1 Å². The van der Waals surface area contributed by atoms with Gasteiger partial charge in [-0.25, -0.2) is 0 Å². The molecule has 0 bridgehead atoms. The van der Waals surface area contributed by atoms with Crippen molar-refractivity contribution in [2.45, 2.75) is 33.2 Å². The van der Waals surface area contributed by atoms with Gasteiger partial charge in [0.05, 0.1) is 19.6 Å². The Bertz CT molecular complexity index is 551. The van der Waals surface area contributed by atoms with Gasteiger partial charge in [0.25, 0.3) is 0 Å². The fourth-order valence-electron chi connectivity index (χ4n) is 2.68. The van der Waals surface area contributed by atoms with Crippen LogP contribution in [0.3, 0.4) is 0 Å². The smallest absolute Gasteiger partial charge is 0.227 e. The highest BCUT2D eigenvalue weighted by Gasteiger charge is 2.22. The standard InChI is InChI=1S/C17H25BrN2O3/c1-4-22-15-8-13(14(18)10-16(15)23-5-2)9-17(21)20-7-6-19-12(3)11-20/h8,10,12,19H,4-7,9,11H2,1-3H3. The van der Waals surface area contributed by atoms with E-state index in [9.17, 15) is 4.79 Å². The number of amides is 1. The minimum atomic E-state index is 0.144. The Balaban J connectivity index is 2.15. The van der Waals surface area contributed by atoms with E-state index in [1.165, 1.54) is 0 Å². The third-order valence-corrected chi connectivity index (χ3v) is 4.51. The van der Waals surface area contributed by atoms with Gasteiger partial charge < -0.3 is 19.7 Å². The quantitative estimate of drug-likeness (QED) is 0.818. The van der Waals surface area contributed by atoms with E-state index in [0.717, 1.165) is 29.7 Å². The van der Waals surface area contributed by atoms with E-state index >= 15 is 0 Å². The molecule has 1 aliphatic rings. The number of hydrogen-bond acceptors (Lipinski definition) is 4. The van der Waals surface area contributed by atoms with E-state index < -0.39 is 0 Å². The Morgan fingerprint density at radius 3 is 2.57 bits per heavy atom. The fourth-order valence-corrected chi connectivity index (χ4v) is 3.15. The highest BCUT2D eigenvalue weighted by atomic mass is 79.9. The van der Waals surface area contributed by atoms with Gasteiger partial charge in [-0.15, -0.1) is 0 Å². The number of nitrogens with one attached hydrogen (secondary N) is 1. The number of piperazine rings is 1. The molecule has 1 amide bonds. The van der Waals surface area contributed by atoms with Crippen LogP contribution in [0.1, 0.15) is 26.3 Å². The second-order valence-electron chi connectivity index (χ2n) is 5.63. The molecule has 1 saturated heterocycles. The summed E-state index contributed by atoms with van der Waals surface area (Å²) in [4.78, 5) is 14.5. The van der Waals surface area contributed by atoms with Crippen molar-refractivity contribution < 1.29 is 14.3 Å². The van der Waals surface area contributed by atoms with Crippen LogP contribution in [0.5, 0.6) is 11.5 Å². The predicted molar refractivity (Wildman–Crippen MR) is 94.2 cm³/mol. The van der Waals surface area contributed by atoms with Gasteiger partial charge in [-0.2, -0.15) is 0 Å². The molecule has 1 fully saturated rings. The second kappa shape index (κ2) is 8.55. The van der Waals surface area contributed by atoms with Crippen LogP contribution in [0.25, 0.3) is 0 Å². The fraction of sp³-hybridized carbons (Fsp3) is 0.588. The van der Waals surface area contributed by atoms with Gasteiger partial charge in [0.15, 0.2) is 11.5 Å². The maximum Gasteiger partial charge on any atom is 0.227 e. The lowest BCUT2D eigenvalue weighted by atomic mass is 10.1. The van der Waals surface area contributed by atoms with E-state index in [1.807, 2.05) is 30.9 Å².